The van der Waals surface area contributed by atoms with Crippen molar-refractivity contribution in [2.45, 2.75) is 43.9 Å². The van der Waals surface area contributed by atoms with Crippen molar-refractivity contribution in [3.63, 3.8) is 0 Å². The highest BCUT2D eigenvalue weighted by molar-refractivity contribution is 7.90. The monoisotopic (exact) mass is 391 g/mol. The number of phenols is 1. The molecule has 2 rings (SSSR count). The minimum atomic E-state index is -3.56. The van der Waals surface area contributed by atoms with Gasteiger partial charge in [-0.25, -0.2) is 8.42 Å². The summed E-state index contributed by atoms with van der Waals surface area (Å²) in [4.78, 5) is 12.5. The molecule has 0 unspecified atom stereocenters. The van der Waals surface area contributed by atoms with Crippen molar-refractivity contribution in [3.8, 4) is 5.75 Å². The number of carbonyl (C=O) groups is 1. The Bertz CT molecular complexity index is 879. The number of ether oxygens (including phenoxy) is 1. The molecule has 0 saturated carbocycles. The van der Waals surface area contributed by atoms with Gasteiger partial charge in [0.25, 0.3) is 0 Å². The van der Waals surface area contributed by atoms with Crippen LogP contribution in [0, 0.1) is 0 Å². The van der Waals surface area contributed by atoms with E-state index in [0.717, 1.165) is 11.8 Å². The summed E-state index contributed by atoms with van der Waals surface area (Å²) >= 11 is 0. The van der Waals surface area contributed by atoms with Crippen LogP contribution in [0.25, 0.3) is 0 Å². The summed E-state index contributed by atoms with van der Waals surface area (Å²) in [5.74, 6) is -0.591. The van der Waals surface area contributed by atoms with Crippen LogP contribution in [0.15, 0.2) is 53.4 Å². The lowest BCUT2D eigenvalue weighted by Gasteiger charge is -2.20. The number of carbonyl (C=O) groups excluding carboxylic acids is 1. The average molecular weight is 391 g/mol. The van der Waals surface area contributed by atoms with Crippen molar-refractivity contribution in [2.24, 2.45) is 0 Å². The third kappa shape index (κ3) is 6.37. The summed E-state index contributed by atoms with van der Waals surface area (Å²) in [7, 11) is -3.56. The van der Waals surface area contributed by atoms with Crippen molar-refractivity contribution >= 4 is 15.8 Å². The summed E-state index contributed by atoms with van der Waals surface area (Å²) < 4.78 is 29.5. The number of sulfone groups is 1. The number of hydrogen-bond acceptors (Lipinski definition) is 6. The Morgan fingerprint density at radius 2 is 1.81 bits per heavy atom. The fraction of sp³-hybridized carbons (Fsp3) is 0.350. The summed E-state index contributed by atoms with van der Waals surface area (Å²) in [6.45, 7) is 3.95. The first-order valence-electron chi connectivity index (χ1n) is 8.66. The Hall–Kier alpha value is -2.38. The van der Waals surface area contributed by atoms with Gasteiger partial charge in [-0.15, -0.1) is 0 Å². The molecule has 0 spiro atoms. The SMILES string of the molecule is CC(C)OC(=O)[C@H](Cc1ccc(O)cc1S(C)(=O)=O)NCc1ccccc1. The smallest absolute Gasteiger partial charge is 0.323 e. The predicted molar refractivity (Wildman–Crippen MR) is 103 cm³/mol. The minimum Gasteiger partial charge on any atom is -0.508 e. The number of nitrogens with one attached hydrogen (secondary N) is 1. The first-order chi connectivity index (χ1) is 12.7. The molecule has 1 atom stereocenters. The quantitative estimate of drug-likeness (QED) is 0.672. The molecule has 0 aromatic heterocycles. The van der Waals surface area contributed by atoms with Crippen LogP contribution < -0.4 is 5.32 Å². The van der Waals surface area contributed by atoms with Crippen LogP contribution in [0.5, 0.6) is 5.75 Å². The van der Waals surface area contributed by atoms with Gasteiger partial charge in [0.1, 0.15) is 11.8 Å². The van der Waals surface area contributed by atoms with E-state index in [2.05, 4.69) is 5.32 Å². The van der Waals surface area contributed by atoms with Crippen molar-refractivity contribution in [1.29, 1.82) is 0 Å². The molecule has 0 bridgehead atoms. The number of phenolic OH excluding ortho intramolecular Hbond substituents is 1. The van der Waals surface area contributed by atoms with Crippen molar-refractivity contribution in [1.82, 2.24) is 5.32 Å². The molecule has 0 heterocycles. The van der Waals surface area contributed by atoms with Gasteiger partial charge in [-0.3, -0.25) is 4.79 Å². The Morgan fingerprint density at radius 1 is 1.15 bits per heavy atom. The molecular formula is C20H25NO5S. The highest BCUT2D eigenvalue weighted by Crippen LogP contribution is 2.23. The van der Waals surface area contributed by atoms with E-state index in [0.29, 0.717) is 12.1 Å². The Balaban J connectivity index is 2.27. The maximum absolute atomic E-state index is 12.5. The topological polar surface area (TPSA) is 92.7 Å². The van der Waals surface area contributed by atoms with Gasteiger partial charge in [0.05, 0.1) is 11.0 Å². The van der Waals surface area contributed by atoms with Crippen LogP contribution in [0.1, 0.15) is 25.0 Å². The zero-order valence-electron chi connectivity index (χ0n) is 15.7. The molecule has 2 aromatic carbocycles. The first kappa shape index (κ1) is 20.9. The maximum Gasteiger partial charge on any atom is 0.323 e. The van der Waals surface area contributed by atoms with Gasteiger partial charge in [-0.05, 0) is 43.5 Å². The van der Waals surface area contributed by atoms with Crippen LogP contribution in [0.4, 0.5) is 0 Å². The Labute approximate surface area is 160 Å². The van der Waals surface area contributed by atoms with Gasteiger partial charge in [0, 0.05) is 12.8 Å². The van der Waals surface area contributed by atoms with Gasteiger partial charge in [0.15, 0.2) is 9.84 Å². The summed E-state index contributed by atoms with van der Waals surface area (Å²) in [6, 6.07) is 13.0. The number of benzene rings is 2. The molecule has 146 valence electrons. The molecule has 0 fully saturated rings. The second-order valence-corrected chi connectivity index (χ2v) is 8.66. The Morgan fingerprint density at radius 3 is 2.41 bits per heavy atom. The summed E-state index contributed by atoms with van der Waals surface area (Å²) in [5.41, 5.74) is 1.44. The molecule has 0 aliphatic heterocycles. The molecule has 7 heteroatoms. The van der Waals surface area contributed by atoms with E-state index in [-0.39, 0.29) is 23.2 Å². The summed E-state index contributed by atoms with van der Waals surface area (Å²) in [5, 5.41) is 12.8. The fourth-order valence-electron chi connectivity index (χ4n) is 2.67. The second kappa shape index (κ2) is 9.01. The van der Waals surface area contributed by atoms with E-state index < -0.39 is 21.8 Å². The molecule has 0 radical (unpaired) electrons. The lowest BCUT2D eigenvalue weighted by Crippen LogP contribution is -2.40. The van der Waals surface area contributed by atoms with Gasteiger partial charge >= 0.3 is 5.97 Å². The highest BCUT2D eigenvalue weighted by atomic mass is 32.2. The maximum atomic E-state index is 12.5. The molecule has 2 N–H and O–H groups in total. The average Bonchev–Trinajstić information content (AvgIpc) is 2.59. The van der Waals surface area contributed by atoms with Gasteiger partial charge in [-0.2, -0.15) is 0 Å². The number of rotatable bonds is 8. The lowest BCUT2D eigenvalue weighted by atomic mass is 10.0. The van der Waals surface area contributed by atoms with Crippen molar-refractivity contribution < 1.29 is 23.1 Å². The van der Waals surface area contributed by atoms with Crippen molar-refractivity contribution in [3.05, 3.63) is 59.7 Å². The second-order valence-electron chi connectivity index (χ2n) is 6.67. The van der Waals surface area contributed by atoms with Gasteiger partial charge in [-0.1, -0.05) is 36.4 Å². The zero-order valence-corrected chi connectivity index (χ0v) is 16.5. The van der Waals surface area contributed by atoms with E-state index >= 15 is 0 Å². The molecule has 2 aromatic rings. The van der Waals surface area contributed by atoms with E-state index in [1.165, 1.54) is 18.2 Å². The Kier molecular flexibility index (Phi) is 6.98. The summed E-state index contributed by atoms with van der Waals surface area (Å²) in [6.07, 6.45) is 0.915. The fourth-order valence-corrected chi connectivity index (χ4v) is 3.63. The van der Waals surface area contributed by atoms with E-state index in [9.17, 15) is 18.3 Å². The number of hydrogen-bond donors (Lipinski definition) is 2. The lowest BCUT2D eigenvalue weighted by molar-refractivity contribution is -0.150. The molecule has 27 heavy (non-hydrogen) atoms. The first-order valence-corrected chi connectivity index (χ1v) is 10.6. The molecule has 6 nitrogen and oxygen atoms in total. The number of aromatic hydroxyl groups is 1. The molecule has 0 aliphatic carbocycles. The highest BCUT2D eigenvalue weighted by Gasteiger charge is 2.24. The van der Waals surface area contributed by atoms with Crippen LogP contribution in [0.3, 0.4) is 0 Å². The molecule has 0 saturated heterocycles. The molecular weight excluding hydrogens is 366 g/mol. The van der Waals surface area contributed by atoms with Crippen LogP contribution in [-0.2, 0) is 32.3 Å². The number of esters is 1. The third-order valence-corrected chi connectivity index (χ3v) is 5.09. The van der Waals surface area contributed by atoms with Crippen LogP contribution in [0.2, 0.25) is 0 Å². The van der Waals surface area contributed by atoms with Crippen LogP contribution >= 0.6 is 0 Å². The normalized spacial score (nSPS) is 12.7. The van der Waals surface area contributed by atoms with Gasteiger partial charge < -0.3 is 15.2 Å². The third-order valence-electron chi connectivity index (χ3n) is 3.91. The standard InChI is InChI=1S/C20H25NO5S/c1-14(2)26-20(23)18(21-13-15-7-5-4-6-8-15)11-16-9-10-17(22)12-19(16)27(3,24)25/h4-10,12,14,18,21-22H,11,13H2,1-3H3/t18-/m0/s1. The minimum absolute atomic E-state index is 0.00589. The van der Waals surface area contributed by atoms with Gasteiger partial charge in [0.2, 0.25) is 0 Å². The zero-order chi connectivity index (χ0) is 20.0. The largest absolute Gasteiger partial charge is 0.508 e. The van der Waals surface area contributed by atoms with Crippen LogP contribution in [-0.4, -0.2) is 37.9 Å². The molecule has 0 aliphatic rings. The van der Waals surface area contributed by atoms with E-state index in [4.69, 9.17) is 4.74 Å². The predicted octanol–water partition coefficient (Wildman–Crippen LogP) is 2.45. The van der Waals surface area contributed by atoms with E-state index in [1.807, 2.05) is 30.3 Å². The van der Waals surface area contributed by atoms with E-state index in [1.54, 1.807) is 13.8 Å². The molecule has 0 amide bonds. The van der Waals surface area contributed by atoms with Crippen molar-refractivity contribution in [2.75, 3.05) is 6.26 Å².